The number of carboxylic acid groups (broad SMARTS) is 1. The van der Waals surface area contributed by atoms with Gasteiger partial charge in [-0.3, -0.25) is 4.98 Å². The van der Waals surface area contributed by atoms with Crippen LogP contribution in [-0.2, 0) is 0 Å². The van der Waals surface area contributed by atoms with Crippen LogP contribution in [0.25, 0.3) is 11.1 Å². The number of carbonyl (C=O) groups is 1. The summed E-state index contributed by atoms with van der Waals surface area (Å²) in [5, 5.41) is 8.90. The lowest BCUT2D eigenvalue weighted by atomic mass is 9.99. The Balaban J connectivity index is 2.50. The molecule has 3 heteroatoms. The lowest BCUT2D eigenvalue weighted by molar-refractivity contribution is 0.0697. The predicted molar refractivity (Wildman–Crippen MR) is 66.1 cm³/mol. The number of nitrogens with zero attached hydrogens (tertiary/aromatic N) is 1. The van der Waals surface area contributed by atoms with Crippen molar-refractivity contribution in [1.29, 1.82) is 0 Å². The van der Waals surface area contributed by atoms with E-state index in [2.05, 4.69) is 4.98 Å². The van der Waals surface area contributed by atoms with Crippen LogP contribution in [0, 0.1) is 13.8 Å². The van der Waals surface area contributed by atoms with Gasteiger partial charge in [0.1, 0.15) is 0 Å². The summed E-state index contributed by atoms with van der Waals surface area (Å²) in [5.74, 6) is -0.901. The van der Waals surface area contributed by atoms with Gasteiger partial charge in [0.15, 0.2) is 0 Å². The van der Waals surface area contributed by atoms with Gasteiger partial charge in [0, 0.05) is 18.0 Å². The third kappa shape index (κ3) is 2.33. The number of carboxylic acids is 1. The van der Waals surface area contributed by atoms with E-state index in [1.165, 1.54) is 0 Å². The predicted octanol–water partition coefficient (Wildman–Crippen LogP) is 3.06. The SMILES string of the molecule is Cc1cncc(-c2ccc(C(=O)O)cc2C)c1. The Labute approximate surface area is 99.8 Å². The van der Waals surface area contributed by atoms with Crippen LogP contribution >= 0.6 is 0 Å². The highest BCUT2D eigenvalue weighted by molar-refractivity contribution is 5.89. The van der Waals surface area contributed by atoms with Crippen molar-refractivity contribution in [2.75, 3.05) is 0 Å². The summed E-state index contributed by atoms with van der Waals surface area (Å²) in [6, 6.07) is 7.16. The van der Waals surface area contributed by atoms with Gasteiger partial charge in [0.25, 0.3) is 0 Å². The van der Waals surface area contributed by atoms with Crippen LogP contribution < -0.4 is 0 Å². The van der Waals surface area contributed by atoms with Crippen molar-refractivity contribution in [3.8, 4) is 11.1 Å². The van der Waals surface area contributed by atoms with Crippen LogP contribution in [-0.4, -0.2) is 16.1 Å². The molecule has 0 radical (unpaired) electrons. The first-order valence-electron chi connectivity index (χ1n) is 5.34. The van der Waals surface area contributed by atoms with Gasteiger partial charge in [-0.05, 0) is 48.7 Å². The lowest BCUT2D eigenvalue weighted by Gasteiger charge is -2.07. The summed E-state index contributed by atoms with van der Waals surface area (Å²) < 4.78 is 0. The molecule has 1 aromatic heterocycles. The van der Waals surface area contributed by atoms with Crippen LogP contribution in [0.3, 0.4) is 0 Å². The molecule has 2 aromatic rings. The Kier molecular flexibility index (Phi) is 2.91. The molecule has 0 aliphatic heterocycles. The topological polar surface area (TPSA) is 50.2 Å². The molecule has 86 valence electrons. The lowest BCUT2D eigenvalue weighted by Crippen LogP contribution is -1.97. The first-order valence-corrected chi connectivity index (χ1v) is 5.34. The molecule has 1 heterocycles. The maximum atomic E-state index is 10.8. The van der Waals surface area contributed by atoms with Crippen LogP contribution in [0.1, 0.15) is 21.5 Å². The van der Waals surface area contributed by atoms with E-state index in [-0.39, 0.29) is 0 Å². The normalized spacial score (nSPS) is 10.2. The average Bonchev–Trinajstić information content (AvgIpc) is 2.28. The third-order valence-corrected chi connectivity index (χ3v) is 2.66. The van der Waals surface area contributed by atoms with Crippen molar-refractivity contribution in [3.05, 3.63) is 53.3 Å². The third-order valence-electron chi connectivity index (χ3n) is 2.66. The average molecular weight is 227 g/mol. The van der Waals surface area contributed by atoms with E-state index in [9.17, 15) is 4.79 Å². The smallest absolute Gasteiger partial charge is 0.335 e. The monoisotopic (exact) mass is 227 g/mol. The number of hydrogen-bond acceptors (Lipinski definition) is 2. The van der Waals surface area contributed by atoms with Gasteiger partial charge in [-0.2, -0.15) is 0 Å². The van der Waals surface area contributed by atoms with Gasteiger partial charge in [-0.1, -0.05) is 6.07 Å². The largest absolute Gasteiger partial charge is 0.478 e. The molecular formula is C14H13NO2. The van der Waals surface area contributed by atoms with E-state index >= 15 is 0 Å². The Morgan fingerprint density at radius 1 is 1.18 bits per heavy atom. The summed E-state index contributed by atoms with van der Waals surface area (Å²) in [7, 11) is 0. The molecule has 0 aliphatic rings. The molecule has 2 rings (SSSR count). The number of aryl methyl sites for hydroxylation is 2. The van der Waals surface area contributed by atoms with Gasteiger partial charge in [0.2, 0.25) is 0 Å². The molecule has 0 aliphatic carbocycles. The van der Waals surface area contributed by atoms with E-state index in [0.717, 1.165) is 22.3 Å². The second kappa shape index (κ2) is 4.37. The van der Waals surface area contributed by atoms with Gasteiger partial charge in [-0.25, -0.2) is 4.79 Å². The second-order valence-electron chi connectivity index (χ2n) is 4.09. The number of pyridine rings is 1. The molecule has 0 spiro atoms. The first-order chi connectivity index (χ1) is 8.08. The van der Waals surface area contributed by atoms with Crippen molar-refractivity contribution in [1.82, 2.24) is 4.98 Å². The molecule has 1 aromatic carbocycles. The van der Waals surface area contributed by atoms with Gasteiger partial charge >= 0.3 is 5.97 Å². The van der Waals surface area contributed by atoms with Crippen molar-refractivity contribution < 1.29 is 9.90 Å². The van der Waals surface area contributed by atoms with E-state index in [4.69, 9.17) is 5.11 Å². The number of hydrogen-bond donors (Lipinski definition) is 1. The van der Waals surface area contributed by atoms with Gasteiger partial charge in [0.05, 0.1) is 5.56 Å². The summed E-state index contributed by atoms with van der Waals surface area (Å²) in [4.78, 5) is 15.0. The number of benzene rings is 1. The molecule has 0 saturated carbocycles. The molecule has 0 atom stereocenters. The molecule has 0 amide bonds. The minimum Gasteiger partial charge on any atom is -0.478 e. The summed E-state index contributed by atoms with van der Waals surface area (Å²) in [6.07, 6.45) is 3.58. The van der Waals surface area contributed by atoms with E-state index < -0.39 is 5.97 Å². The minimum absolute atomic E-state index is 0.312. The molecule has 0 bridgehead atoms. The van der Waals surface area contributed by atoms with Crippen LogP contribution in [0.5, 0.6) is 0 Å². The summed E-state index contributed by atoms with van der Waals surface area (Å²) in [5.41, 5.74) is 4.37. The first kappa shape index (κ1) is 11.3. The zero-order chi connectivity index (χ0) is 12.4. The fraction of sp³-hybridized carbons (Fsp3) is 0.143. The van der Waals surface area contributed by atoms with E-state index in [0.29, 0.717) is 5.56 Å². The molecule has 17 heavy (non-hydrogen) atoms. The molecule has 3 nitrogen and oxygen atoms in total. The van der Waals surface area contributed by atoms with Crippen LogP contribution in [0.2, 0.25) is 0 Å². The van der Waals surface area contributed by atoms with Gasteiger partial charge in [-0.15, -0.1) is 0 Å². The number of aromatic carboxylic acids is 1. The number of aromatic nitrogens is 1. The highest BCUT2D eigenvalue weighted by atomic mass is 16.4. The molecule has 0 saturated heterocycles. The van der Waals surface area contributed by atoms with Gasteiger partial charge < -0.3 is 5.11 Å². The molecule has 0 unspecified atom stereocenters. The standard InChI is InChI=1S/C14H13NO2/c1-9-5-12(8-15-7-9)13-4-3-11(14(16)17)6-10(13)2/h3-8H,1-2H3,(H,16,17). The Morgan fingerprint density at radius 2 is 1.94 bits per heavy atom. The van der Waals surface area contributed by atoms with Crippen LogP contribution in [0.4, 0.5) is 0 Å². The summed E-state index contributed by atoms with van der Waals surface area (Å²) >= 11 is 0. The Hall–Kier alpha value is -2.16. The number of rotatable bonds is 2. The quantitative estimate of drug-likeness (QED) is 0.857. The maximum absolute atomic E-state index is 10.8. The Bertz CT molecular complexity index is 576. The fourth-order valence-corrected chi connectivity index (χ4v) is 1.82. The highest BCUT2D eigenvalue weighted by Crippen LogP contribution is 2.24. The fourth-order valence-electron chi connectivity index (χ4n) is 1.82. The minimum atomic E-state index is -0.901. The second-order valence-corrected chi connectivity index (χ2v) is 4.09. The van der Waals surface area contributed by atoms with Crippen LogP contribution in [0.15, 0.2) is 36.7 Å². The van der Waals surface area contributed by atoms with Crippen molar-refractivity contribution in [2.45, 2.75) is 13.8 Å². The van der Waals surface area contributed by atoms with Crippen molar-refractivity contribution >= 4 is 5.97 Å². The van der Waals surface area contributed by atoms with Crippen molar-refractivity contribution in [3.63, 3.8) is 0 Å². The molecular weight excluding hydrogens is 214 g/mol. The summed E-state index contributed by atoms with van der Waals surface area (Å²) in [6.45, 7) is 3.89. The zero-order valence-electron chi connectivity index (χ0n) is 9.77. The van der Waals surface area contributed by atoms with E-state index in [1.54, 1.807) is 24.5 Å². The van der Waals surface area contributed by atoms with Crippen molar-refractivity contribution in [2.24, 2.45) is 0 Å². The molecule has 1 N–H and O–H groups in total. The highest BCUT2D eigenvalue weighted by Gasteiger charge is 2.07. The van der Waals surface area contributed by atoms with E-state index in [1.807, 2.05) is 26.0 Å². The molecule has 0 fully saturated rings. The Morgan fingerprint density at radius 3 is 2.53 bits per heavy atom. The maximum Gasteiger partial charge on any atom is 0.335 e. The zero-order valence-corrected chi connectivity index (χ0v) is 9.77.